The number of nitrogens with one attached hydrogen (secondary N) is 1. The Morgan fingerprint density at radius 1 is 1.56 bits per heavy atom. The molecule has 2 atom stereocenters. The summed E-state index contributed by atoms with van der Waals surface area (Å²) >= 11 is 1.86. The average molecular weight is 236 g/mol. The second-order valence-corrected chi connectivity index (χ2v) is 6.09. The van der Waals surface area contributed by atoms with Crippen LogP contribution in [0, 0.1) is 6.92 Å². The third-order valence-corrected chi connectivity index (χ3v) is 4.54. The van der Waals surface area contributed by atoms with Crippen molar-refractivity contribution in [1.82, 2.24) is 10.2 Å². The highest BCUT2D eigenvalue weighted by Crippen LogP contribution is 2.28. The highest BCUT2D eigenvalue weighted by Gasteiger charge is 2.41. The van der Waals surface area contributed by atoms with E-state index in [-0.39, 0.29) is 5.91 Å². The lowest BCUT2D eigenvalue weighted by molar-refractivity contribution is -0.119. The summed E-state index contributed by atoms with van der Waals surface area (Å²) in [5.41, 5.74) is 0. The highest BCUT2D eigenvalue weighted by atomic mass is 32.1. The maximum atomic E-state index is 11.3. The molecule has 1 N–H and O–H groups in total. The lowest BCUT2D eigenvalue weighted by Gasteiger charge is -2.21. The zero-order chi connectivity index (χ0) is 11.1. The van der Waals surface area contributed by atoms with E-state index in [0.717, 1.165) is 19.5 Å². The van der Waals surface area contributed by atoms with Crippen molar-refractivity contribution in [1.29, 1.82) is 0 Å². The fourth-order valence-corrected chi connectivity index (χ4v) is 3.70. The van der Waals surface area contributed by atoms with Crippen LogP contribution in [0.2, 0.25) is 0 Å². The molecule has 0 radical (unpaired) electrons. The first-order chi connectivity index (χ1) is 7.72. The number of hydrogen-bond acceptors (Lipinski definition) is 3. The number of fused-ring (bicyclic) bond motifs is 1. The van der Waals surface area contributed by atoms with E-state index < -0.39 is 0 Å². The van der Waals surface area contributed by atoms with Gasteiger partial charge in [0.25, 0.3) is 0 Å². The molecule has 0 spiro atoms. The molecule has 1 aromatic heterocycles. The first-order valence-corrected chi connectivity index (χ1v) is 6.63. The van der Waals surface area contributed by atoms with Gasteiger partial charge in [0.1, 0.15) is 0 Å². The Balaban J connectivity index is 1.70. The van der Waals surface area contributed by atoms with Crippen LogP contribution in [0.15, 0.2) is 12.1 Å². The average Bonchev–Trinajstić information content (AvgIpc) is 2.86. The number of carbonyl (C=O) groups is 1. The van der Waals surface area contributed by atoms with Crippen LogP contribution in [0.5, 0.6) is 0 Å². The second kappa shape index (κ2) is 3.86. The Hall–Kier alpha value is -0.870. The molecule has 4 heteroatoms. The molecule has 2 aliphatic heterocycles. The summed E-state index contributed by atoms with van der Waals surface area (Å²) in [6.45, 7) is 4.27. The number of thiophene rings is 1. The van der Waals surface area contributed by atoms with E-state index >= 15 is 0 Å². The van der Waals surface area contributed by atoms with Gasteiger partial charge in [-0.15, -0.1) is 11.3 Å². The molecule has 2 saturated heterocycles. The largest absolute Gasteiger partial charge is 0.352 e. The van der Waals surface area contributed by atoms with Crippen molar-refractivity contribution in [2.24, 2.45) is 0 Å². The van der Waals surface area contributed by atoms with Gasteiger partial charge in [-0.1, -0.05) is 0 Å². The van der Waals surface area contributed by atoms with Gasteiger partial charge in [0.2, 0.25) is 5.91 Å². The van der Waals surface area contributed by atoms with Gasteiger partial charge < -0.3 is 5.32 Å². The summed E-state index contributed by atoms with van der Waals surface area (Å²) in [5.74, 6) is 0.224. The minimum absolute atomic E-state index is 0.224. The lowest BCUT2D eigenvalue weighted by Crippen LogP contribution is -2.33. The fraction of sp³-hybridized carbons (Fsp3) is 0.583. The summed E-state index contributed by atoms with van der Waals surface area (Å²) in [5, 5.41) is 3.06. The maximum absolute atomic E-state index is 11.3. The van der Waals surface area contributed by atoms with Crippen molar-refractivity contribution < 1.29 is 4.79 Å². The molecule has 3 heterocycles. The van der Waals surface area contributed by atoms with Crippen molar-refractivity contribution in [2.45, 2.75) is 38.4 Å². The van der Waals surface area contributed by atoms with E-state index in [1.54, 1.807) is 0 Å². The lowest BCUT2D eigenvalue weighted by atomic mass is 10.1. The van der Waals surface area contributed by atoms with Gasteiger partial charge in [-0.25, -0.2) is 0 Å². The highest BCUT2D eigenvalue weighted by molar-refractivity contribution is 7.11. The monoisotopic (exact) mass is 236 g/mol. The van der Waals surface area contributed by atoms with Gasteiger partial charge in [-0.05, 0) is 25.5 Å². The summed E-state index contributed by atoms with van der Waals surface area (Å²) < 4.78 is 0. The molecule has 0 saturated carbocycles. The van der Waals surface area contributed by atoms with E-state index in [1.165, 1.54) is 9.75 Å². The number of likely N-dealkylation sites (tertiary alicyclic amines) is 1. The van der Waals surface area contributed by atoms with Crippen molar-refractivity contribution in [3.63, 3.8) is 0 Å². The summed E-state index contributed by atoms with van der Waals surface area (Å²) in [7, 11) is 0. The summed E-state index contributed by atoms with van der Waals surface area (Å²) in [6, 6.07) is 5.23. The Kier molecular flexibility index (Phi) is 2.48. The topological polar surface area (TPSA) is 32.3 Å². The zero-order valence-electron chi connectivity index (χ0n) is 9.40. The molecule has 0 aromatic carbocycles. The van der Waals surface area contributed by atoms with Crippen LogP contribution >= 0.6 is 11.3 Å². The number of hydrogen-bond donors (Lipinski definition) is 1. The standard InChI is InChI=1S/C12H16N2OS/c1-8-2-3-9(16-8)7-14-5-4-10-11(14)6-12(15)13-10/h2-3,10-11H,4-7H2,1H3,(H,13,15)/t10-,11-/m1/s1. The number of carbonyl (C=O) groups excluding carboxylic acids is 1. The predicted octanol–water partition coefficient (Wildman–Crippen LogP) is 1.52. The molecule has 1 amide bonds. The Morgan fingerprint density at radius 2 is 2.44 bits per heavy atom. The number of rotatable bonds is 2. The van der Waals surface area contributed by atoms with Gasteiger partial charge in [0, 0.05) is 41.3 Å². The molecular formula is C12H16N2OS. The van der Waals surface area contributed by atoms with Crippen LogP contribution in [0.3, 0.4) is 0 Å². The maximum Gasteiger partial charge on any atom is 0.221 e. The minimum Gasteiger partial charge on any atom is -0.352 e. The molecular weight excluding hydrogens is 220 g/mol. The Labute approximate surface area is 99.5 Å². The van der Waals surface area contributed by atoms with Crippen molar-refractivity contribution >= 4 is 17.2 Å². The van der Waals surface area contributed by atoms with E-state index in [9.17, 15) is 4.79 Å². The molecule has 0 bridgehead atoms. The van der Waals surface area contributed by atoms with Crippen LogP contribution < -0.4 is 5.32 Å². The first-order valence-electron chi connectivity index (χ1n) is 5.81. The fourth-order valence-electron chi connectivity index (χ4n) is 2.78. The number of nitrogens with zero attached hydrogens (tertiary/aromatic N) is 1. The van der Waals surface area contributed by atoms with E-state index in [1.807, 2.05) is 11.3 Å². The van der Waals surface area contributed by atoms with Crippen LogP contribution in [0.25, 0.3) is 0 Å². The molecule has 0 aliphatic carbocycles. The van der Waals surface area contributed by atoms with Crippen LogP contribution in [-0.2, 0) is 11.3 Å². The zero-order valence-corrected chi connectivity index (χ0v) is 10.2. The van der Waals surface area contributed by atoms with Gasteiger partial charge in [-0.2, -0.15) is 0 Å². The molecule has 3 rings (SSSR count). The quantitative estimate of drug-likeness (QED) is 0.844. The van der Waals surface area contributed by atoms with Gasteiger partial charge >= 0.3 is 0 Å². The number of amides is 1. The molecule has 0 unspecified atom stereocenters. The van der Waals surface area contributed by atoms with Crippen molar-refractivity contribution in [3.8, 4) is 0 Å². The van der Waals surface area contributed by atoms with Gasteiger partial charge in [-0.3, -0.25) is 9.69 Å². The molecule has 2 fully saturated rings. The Morgan fingerprint density at radius 3 is 3.19 bits per heavy atom. The molecule has 2 aliphatic rings. The van der Waals surface area contributed by atoms with Crippen molar-refractivity contribution in [2.75, 3.05) is 6.54 Å². The van der Waals surface area contributed by atoms with E-state index in [0.29, 0.717) is 18.5 Å². The van der Waals surface area contributed by atoms with E-state index in [2.05, 4.69) is 29.3 Å². The smallest absolute Gasteiger partial charge is 0.221 e. The molecule has 1 aromatic rings. The predicted molar refractivity (Wildman–Crippen MR) is 64.4 cm³/mol. The Bertz CT molecular complexity index is 415. The second-order valence-electron chi connectivity index (χ2n) is 4.72. The van der Waals surface area contributed by atoms with Crippen LogP contribution in [-0.4, -0.2) is 29.4 Å². The number of aryl methyl sites for hydroxylation is 1. The molecule has 16 heavy (non-hydrogen) atoms. The summed E-state index contributed by atoms with van der Waals surface area (Å²) in [6.07, 6.45) is 1.80. The SMILES string of the molecule is Cc1ccc(CN2CC[C@H]3NC(=O)C[C@H]32)s1. The van der Waals surface area contributed by atoms with Crippen molar-refractivity contribution in [3.05, 3.63) is 21.9 Å². The van der Waals surface area contributed by atoms with Crippen LogP contribution in [0.4, 0.5) is 0 Å². The van der Waals surface area contributed by atoms with Crippen LogP contribution in [0.1, 0.15) is 22.6 Å². The first kappa shape index (κ1) is 10.3. The third-order valence-electron chi connectivity index (χ3n) is 3.56. The third kappa shape index (κ3) is 1.76. The minimum atomic E-state index is 0.224. The normalized spacial score (nSPS) is 29.4. The van der Waals surface area contributed by atoms with Gasteiger partial charge in [0.15, 0.2) is 0 Å². The van der Waals surface area contributed by atoms with E-state index in [4.69, 9.17) is 0 Å². The summed E-state index contributed by atoms with van der Waals surface area (Å²) in [4.78, 5) is 16.6. The van der Waals surface area contributed by atoms with Gasteiger partial charge in [0.05, 0.1) is 0 Å². The molecule has 3 nitrogen and oxygen atoms in total. The molecule has 86 valence electrons.